The average Bonchev–Trinajstić information content (AvgIpc) is 3.48. The fourth-order valence-electron chi connectivity index (χ4n) is 3.56. The summed E-state index contributed by atoms with van der Waals surface area (Å²) < 4.78 is 11.3. The second kappa shape index (κ2) is 8.20. The Bertz CT molecular complexity index is 1250. The molecule has 0 bridgehead atoms. The maximum Gasteiger partial charge on any atom is 0.281 e. The number of hydrazone groups is 1. The third-order valence-electron chi connectivity index (χ3n) is 5.08. The van der Waals surface area contributed by atoms with E-state index in [4.69, 9.17) is 20.8 Å². The third kappa shape index (κ3) is 3.87. The first-order valence-corrected chi connectivity index (χ1v) is 10.1. The molecule has 2 aromatic carbocycles. The second-order valence-corrected chi connectivity index (χ2v) is 7.49. The number of fused-ring (bicyclic) bond motifs is 1. The lowest BCUT2D eigenvalue weighted by molar-refractivity contribution is -0.135. The lowest BCUT2D eigenvalue weighted by atomic mass is 10.0. The van der Waals surface area contributed by atoms with Gasteiger partial charge in [-0.1, -0.05) is 41.9 Å². The quantitative estimate of drug-likeness (QED) is 0.459. The van der Waals surface area contributed by atoms with Gasteiger partial charge in [0.25, 0.3) is 5.91 Å². The van der Waals surface area contributed by atoms with Crippen LogP contribution in [0.25, 0.3) is 10.8 Å². The number of hydrogen-bond acceptors (Lipinski definition) is 6. The van der Waals surface area contributed by atoms with Crippen LogP contribution in [0.15, 0.2) is 82.6 Å². The summed E-state index contributed by atoms with van der Waals surface area (Å²) in [5.41, 5.74) is 1.67. The molecule has 0 spiro atoms. The van der Waals surface area contributed by atoms with Crippen LogP contribution < -0.4 is 4.74 Å². The van der Waals surface area contributed by atoms with E-state index in [1.54, 1.807) is 30.7 Å². The van der Waals surface area contributed by atoms with Crippen LogP contribution in [0.4, 0.5) is 0 Å². The molecule has 0 N–H and O–H groups in total. The Labute approximate surface area is 182 Å². The molecule has 1 amide bonds. The van der Waals surface area contributed by atoms with Gasteiger partial charge in [-0.3, -0.25) is 4.79 Å². The molecule has 4 aromatic rings. The molecular formula is C23H17ClN4O3. The summed E-state index contributed by atoms with van der Waals surface area (Å²) in [7, 11) is 0. The Morgan fingerprint density at radius 3 is 2.77 bits per heavy atom. The zero-order valence-corrected chi connectivity index (χ0v) is 17.1. The number of carbonyl (C=O) groups is 1. The molecule has 7 nitrogen and oxygen atoms in total. The van der Waals surface area contributed by atoms with E-state index < -0.39 is 0 Å². The number of ether oxygens (including phenoxy) is 1. The van der Waals surface area contributed by atoms with E-state index in [1.807, 2.05) is 42.5 Å². The lowest BCUT2D eigenvalue weighted by Gasteiger charge is -2.19. The van der Waals surface area contributed by atoms with E-state index in [1.165, 1.54) is 5.01 Å². The lowest BCUT2D eigenvalue weighted by Crippen LogP contribution is -2.31. The van der Waals surface area contributed by atoms with Crippen LogP contribution in [0.1, 0.15) is 23.8 Å². The number of carbonyl (C=O) groups excluding carboxylic acids is 1. The zero-order valence-electron chi connectivity index (χ0n) is 16.3. The Morgan fingerprint density at radius 2 is 1.97 bits per heavy atom. The summed E-state index contributed by atoms with van der Waals surface area (Å²) in [5.74, 6) is 0.660. The van der Waals surface area contributed by atoms with Gasteiger partial charge in [0.2, 0.25) is 5.88 Å². The van der Waals surface area contributed by atoms with Gasteiger partial charge in [0.15, 0.2) is 6.61 Å². The summed E-state index contributed by atoms with van der Waals surface area (Å²) in [6, 6.07) is 18.2. The van der Waals surface area contributed by atoms with E-state index in [2.05, 4.69) is 15.3 Å². The first-order valence-electron chi connectivity index (χ1n) is 9.71. The highest BCUT2D eigenvalue weighted by atomic mass is 35.5. The number of furan rings is 1. The van der Waals surface area contributed by atoms with Crippen molar-refractivity contribution in [3.63, 3.8) is 0 Å². The number of nitrogens with zero attached hydrogens (tertiary/aromatic N) is 4. The molecule has 31 heavy (non-hydrogen) atoms. The monoisotopic (exact) mass is 432 g/mol. The van der Waals surface area contributed by atoms with Gasteiger partial charge in [0.05, 0.1) is 18.2 Å². The van der Waals surface area contributed by atoms with Crippen LogP contribution >= 0.6 is 11.6 Å². The summed E-state index contributed by atoms with van der Waals surface area (Å²) in [6.45, 7) is -0.225. The van der Waals surface area contributed by atoms with E-state index >= 15 is 0 Å². The summed E-state index contributed by atoms with van der Waals surface area (Å²) >= 11 is 6.00. The van der Waals surface area contributed by atoms with E-state index in [0.717, 1.165) is 22.0 Å². The van der Waals surface area contributed by atoms with Crippen molar-refractivity contribution in [3.8, 4) is 5.88 Å². The first kappa shape index (κ1) is 19.3. The average molecular weight is 433 g/mol. The third-order valence-corrected chi connectivity index (χ3v) is 5.34. The van der Waals surface area contributed by atoms with Gasteiger partial charge < -0.3 is 9.15 Å². The van der Waals surface area contributed by atoms with Gasteiger partial charge in [0, 0.05) is 22.2 Å². The highest BCUT2D eigenvalue weighted by Gasteiger charge is 2.35. The van der Waals surface area contributed by atoms with Gasteiger partial charge in [-0.25, -0.2) is 5.01 Å². The first-order chi connectivity index (χ1) is 15.2. The fourth-order valence-corrected chi connectivity index (χ4v) is 3.69. The van der Waals surface area contributed by atoms with Crippen molar-refractivity contribution >= 4 is 34.0 Å². The fraction of sp³-hybridized carbons (Fsp3) is 0.130. The Balaban J connectivity index is 1.39. The molecule has 0 saturated carbocycles. The SMILES string of the molecule is O=C(COc1nncc2ccccc12)N1N=C(c2ccc(Cl)cc2)CC1c1ccco1. The number of rotatable bonds is 5. The normalized spacial score (nSPS) is 15.8. The molecule has 1 aliphatic heterocycles. The molecule has 1 unspecified atom stereocenters. The van der Waals surface area contributed by atoms with Gasteiger partial charge in [0.1, 0.15) is 11.8 Å². The van der Waals surface area contributed by atoms with Crippen LogP contribution in [-0.4, -0.2) is 33.4 Å². The zero-order chi connectivity index (χ0) is 21.2. The number of hydrogen-bond donors (Lipinski definition) is 0. The predicted octanol–water partition coefficient (Wildman–Crippen LogP) is 4.63. The molecule has 0 aliphatic carbocycles. The molecule has 5 rings (SSSR count). The largest absolute Gasteiger partial charge is 0.467 e. The van der Waals surface area contributed by atoms with Crippen molar-refractivity contribution in [1.29, 1.82) is 0 Å². The molecule has 0 radical (unpaired) electrons. The Morgan fingerprint density at radius 1 is 1.13 bits per heavy atom. The second-order valence-electron chi connectivity index (χ2n) is 7.05. The van der Waals surface area contributed by atoms with Crippen LogP contribution in [-0.2, 0) is 4.79 Å². The van der Waals surface area contributed by atoms with Crippen LogP contribution in [0.2, 0.25) is 5.02 Å². The van der Waals surface area contributed by atoms with Crippen molar-refractivity contribution in [2.75, 3.05) is 6.61 Å². The van der Waals surface area contributed by atoms with Crippen molar-refractivity contribution in [2.45, 2.75) is 12.5 Å². The number of halogens is 1. The minimum atomic E-state index is -0.352. The summed E-state index contributed by atoms with van der Waals surface area (Å²) in [4.78, 5) is 13.1. The van der Waals surface area contributed by atoms with Crippen LogP contribution in [0.5, 0.6) is 5.88 Å². The molecular weight excluding hydrogens is 416 g/mol. The Kier molecular flexibility index (Phi) is 5.09. The van der Waals surface area contributed by atoms with Gasteiger partial charge in [-0.15, -0.1) is 5.10 Å². The minimum Gasteiger partial charge on any atom is -0.467 e. The smallest absolute Gasteiger partial charge is 0.281 e. The van der Waals surface area contributed by atoms with E-state index in [0.29, 0.717) is 23.1 Å². The molecule has 0 saturated heterocycles. The topological polar surface area (TPSA) is 80.8 Å². The molecule has 2 aromatic heterocycles. The van der Waals surface area contributed by atoms with Gasteiger partial charge in [-0.2, -0.15) is 10.2 Å². The van der Waals surface area contributed by atoms with Gasteiger partial charge >= 0.3 is 0 Å². The number of aromatic nitrogens is 2. The summed E-state index contributed by atoms with van der Waals surface area (Å²) in [5, 5.41) is 16.3. The van der Waals surface area contributed by atoms with Crippen molar-refractivity contribution in [3.05, 3.63) is 89.5 Å². The van der Waals surface area contributed by atoms with Crippen molar-refractivity contribution in [2.24, 2.45) is 5.10 Å². The van der Waals surface area contributed by atoms with E-state index in [-0.39, 0.29) is 18.6 Å². The molecule has 1 aliphatic rings. The van der Waals surface area contributed by atoms with Gasteiger partial charge in [-0.05, 0) is 35.9 Å². The highest BCUT2D eigenvalue weighted by Crippen LogP contribution is 2.33. The van der Waals surface area contributed by atoms with Crippen molar-refractivity contribution in [1.82, 2.24) is 15.2 Å². The molecule has 154 valence electrons. The maximum absolute atomic E-state index is 13.1. The molecule has 3 heterocycles. The van der Waals surface area contributed by atoms with Crippen LogP contribution in [0.3, 0.4) is 0 Å². The molecule has 8 heteroatoms. The highest BCUT2D eigenvalue weighted by molar-refractivity contribution is 6.30. The van der Waals surface area contributed by atoms with Crippen molar-refractivity contribution < 1.29 is 13.9 Å². The minimum absolute atomic E-state index is 0.225. The predicted molar refractivity (Wildman–Crippen MR) is 116 cm³/mol. The maximum atomic E-state index is 13.1. The molecule has 1 atom stereocenters. The van der Waals surface area contributed by atoms with Crippen LogP contribution in [0, 0.1) is 0 Å². The number of benzene rings is 2. The standard InChI is InChI=1S/C23H17ClN4O3/c24-17-9-7-15(8-10-17)19-12-20(21-6-3-11-30-21)28(27-19)22(29)14-31-23-18-5-2-1-4-16(18)13-25-26-23/h1-11,13,20H,12,14H2. The Hall–Kier alpha value is -3.71. The summed E-state index contributed by atoms with van der Waals surface area (Å²) in [6.07, 6.45) is 3.76. The van der Waals surface area contributed by atoms with E-state index in [9.17, 15) is 4.79 Å². The molecule has 0 fully saturated rings. The number of amides is 1.